The molecule has 0 heterocycles. The SMILES string of the molecule is CC(C)(Br)CCOC(C)(C)CC(=O)O. The number of carboxylic acid groups (broad SMARTS) is 1. The lowest BCUT2D eigenvalue weighted by molar-refractivity contribution is -0.143. The minimum Gasteiger partial charge on any atom is -0.481 e. The Balaban J connectivity index is 3.82. The minimum atomic E-state index is -0.826. The van der Waals surface area contributed by atoms with E-state index >= 15 is 0 Å². The standard InChI is InChI=1S/C10H19BrO3/c1-9(2,11)5-6-14-10(3,4)7-8(12)13/h5-7H2,1-4H3,(H,12,13). The second kappa shape index (κ2) is 5.12. The third-order valence-corrected chi connectivity index (χ3v) is 2.16. The molecule has 0 saturated heterocycles. The van der Waals surface area contributed by atoms with Gasteiger partial charge in [-0.25, -0.2) is 0 Å². The van der Waals surface area contributed by atoms with E-state index in [-0.39, 0.29) is 10.7 Å². The molecule has 0 aliphatic heterocycles. The average Bonchev–Trinajstić information content (AvgIpc) is 1.78. The highest BCUT2D eigenvalue weighted by atomic mass is 79.9. The lowest BCUT2D eigenvalue weighted by Gasteiger charge is -2.25. The van der Waals surface area contributed by atoms with Crippen molar-refractivity contribution < 1.29 is 14.6 Å². The molecule has 0 aromatic carbocycles. The Morgan fingerprint density at radius 1 is 1.36 bits per heavy atom. The van der Waals surface area contributed by atoms with Crippen molar-refractivity contribution in [1.29, 1.82) is 0 Å². The van der Waals surface area contributed by atoms with Crippen molar-refractivity contribution in [2.45, 2.75) is 50.5 Å². The van der Waals surface area contributed by atoms with Gasteiger partial charge in [0.25, 0.3) is 0 Å². The minimum absolute atomic E-state index is 0.0374. The molecule has 0 bridgehead atoms. The highest BCUT2D eigenvalue weighted by Gasteiger charge is 2.23. The van der Waals surface area contributed by atoms with Crippen molar-refractivity contribution in [1.82, 2.24) is 0 Å². The quantitative estimate of drug-likeness (QED) is 0.753. The number of halogens is 1. The van der Waals surface area contributed by atoms with Crippen LogP contribution in [0.15, 0.2) is 0 Å². The normalized spacial score (nSPS) is 12.9. The van der Waals surface area contributed by atoms with Gasteiger partial charge in [-0.2, -0.15) is 0 Å². The van der Waals surface area contributed by atoms with Crippen LogP contribution >= 0.6 is 15.9 Å². The number of carboxylic acids is 1. The molecular weight excluding hydrogens is 248 g/mol. The number of rotatable bonds is 6. The van der Waals surface area contributed by atoms with Gasteiger partial charge in [-0.05, 0) is 34.1 Å². The van der Waals surface area contributed by atoms with Gasteiger partial charge < -0.3 is 9.84 Å². The maximum Gasteiger partial charge on any atom is 0.306 e. The first-order valence-electron chi connectivity index (χ1n) is 4.67. The summed E-state index contributed by atoms with van der Waals surface area (Å²) in [7, 11) is 0. The molecule has 0 amide bonds. The highest BCUT2D eigenvalue weighted by molar-refractivity contribution is 9.10. The van der Waals surface area contributed by atoms with Crippen LogP contribution in [-0.4, -0.2) is 27.6 Å². The molecule has 14 heavy (non-hydrogen) atoms. The summed E-state index contributed by atoms with van der Waals surface area (Å²) in [6.07, 6.45) is 0.895. The molecule has 0 rings (SSSR count). The Labute approximate surface area is 94.0 Å². The van der Waals surface area contributed by atoms with E-state index in [4.69, 9.17) is 9.84 Å². The van der Waals surface area contributed by atoms with Crippen LogP contribution < -0.4 is 0 Å². The van der Waals surface area contributed by atoms with Gasteiger partial charge in [0, 0.05) is 10.9 Å². The van der Waals surface area contributed by atoms with E-state index in [0.29, 0.717) is 6.61 Å². The molecule has 0 aliphatic rings. The predicted octanol–water partition coefficient (Wildman–Crippen LogP) is 2.82. The molecule has 0 unspecified atom stereocenters. The van der Waals surface area contributed by atoms with Crippen molar-refractivity contribution in [3.63, 3.8) is 0 Å². The molecule has 0 aliphatic carbocycles. The monoisotopic (exact) mass is 266 g/mol. The van der Waals surface area contributed by atoms with Crippen LogP contribution in [0.4, 0.5) is 0 Å². The molecule has 0 atom stereocenters. The van der Waals surface area contributed by atoms with E-state index in [2.05, 4.69) is 29.8 Å². The molecule has 1 N–H and O–H groups in total. The second-order valence-electron chi connectivity index (χ2n) is 4.65. The van der Waals surface area contributed by atoms with Crippen molar-refractivity contribution in [3.05, 3.63) is 0 Å². The third-order valence-electron chi connectivity index (χ3n) is 1.77. The molecule has 84 valence electrons. The van der Waals surface area contributed by atoms with Crippen LogP contribution in [0.5, 0.6) is 0 Å². The van der Waals surface area contributed by atoms with Gasteiger partial charge in [0.05, 0.1) is 12.0 Å². The number of alkyl halides is 1. The molecule has 0 saturated carbocycles. The van der Waals surface area contributed by atoms with E-state index in [9.17, 15) is 4.79 Å². The number of hydrogen-bond acceptors (Lipinski definition) is 2. The van der Waals surface area contributed by atoms with Crippen molar-refractivity contribution in [2.75, 3.05) is 6.61 Å². The van der Waals surface area contributed by atoms with Crippen LogP contribution in [0, 0.1) is 0 Å². The molecule has 3 nitrogen and oxygen atoms in total. The molecule has 0 aromatic rings. The Kier molecular flexibility index (Phi) is 5.09. The first-order valence-corrected chi connectivity index (χ1v) is 5.46. The largest absolute Gasteiger partial charge is 0.481 e. The fraction of sp³-hybridized carbons (Fsp3) is 0.900. The molecule has 0 spiro atoms. The Morgan fingerprint density at radius 2 is 1.86 bits per heavy atom. The van der Waals surface area contributed by atoms with Gasteiger partial charge in [-0.1, -0.05) is 15.9 Å². The maximum absolute atomic E-state index is 10.5. The zero-order valence-electron chi connectivity index (χ0n) is 9.26. The fourth-order valence-corrected chi connectivity index (χ4v) is 1.15. The van der Waals surface area contributed by atoms with Gasteiger partial charge in [0.2, 0.25) is 0 Å². The summed E-state index contributed by atoms with van der Waals surface area (Å²) in [4.78, 5) is 10.5. The molecule has 4 heteroatoms. The lowest BCUT2D eigenvalue weighted by Crippen LogP contribution is -2.29. The maximum atomic E-state index is 10.5. The van der Waals surface area contributed by atoms with E-state index in [1.54, 1.807) is 13.8 Å². The summed E-state index contributed by atoms with van der Waals surface area (Å²) >= 11 is 3.50. The smallest absolute Gasteiger partial charge is 0.306 e. The summed E-state index contributed by atoms with van der Waals surface area (Å²) in [6, 6.07) is 0. The van der Waals surface area contributed by atoms with Crippen molar-refractivity contribution >= 4 is 21.9 Å². The summed E-state index contributed by atoms with van der Waals surface area (Å²) in [6.45, 7) is 8.27. The third kappa shape index (κ3) is 8.51. The molecule has 0 fully saturated rings. The zero-order valence-corrected chi connectivity index (χ0v) is 10.8. The molecular formula is C10H19BrO3. The molecule has 0 aromatic heterocycles. The van der Waals surface area contributed by atoms with Crippen LogP contribution in [0.3, 0.4) is 0 Å². The number of carbonyl (C=O) groups is 1. The van der Waals surface area contributed by atoms with E-state index in [0.717, 1.165) is 6.42 Å². The van der Waals surface area contributed by atoms with E-state index in [1.165, 1.54) is 0 Å². The topological polar surface area (TPSA) is 46.5 Å². The lowest BCUT2D eigenvalue weighted by atomic mass is 10.1. The number of hydrogen-bond donors (Lipinski definition) is 1. The van der Waals surface area contributed by atoms with Crippen LogP contribution in [0.25, 0.3) is 0 Å². The summed E-state index contributed by atoms with van der Waals surface area (Å²) in [5.74, 6) is -0.826. The van der Waals surface area contributed by atoms with E-state index < -0.39 is 11.6 Å². The average molecular weight is 267 g/mol. The Bertz CT molecular complexity index is 194. The number of ether oxygens (including phenoxy) is 1. The first-order chi connectivity index (χ1) is 6.12. The van der Waals surface area contributed by atoms with Crippen molar-refractivity contribution in [2.24, 2.45) is 0 Å². The van der Waals surface area contributed by atoms with Gasteiger partial charge in [0.1, 0.15) is 0 Å². The number of aliphatic carboxylic acids is 1. The molecule has 0 radical (unpaired) electrons. The highest BCUT2D eigenvalue weighted by Crippen LogP contribution is 2.22. The second-order valence-corrected chi connectivity index (χ2v) is 6.79. The summed E-state index contributed by atoms with van der Waals surface area (Å²) in [5.41, 5.74) is -0.579. The Morgan fingerprint density at radius 3 is 2.21 bits per heavy atom. The van der Waals surface area contributed by atoms with Crippen LogP contribution in [0.2, 0.25) is 0 Å². The van der Waals surface area contributed by atoms with Crippen LogP contribution in [0.1, 0.15) is 40.5 Å². The first kappa shape index (κ1) is 13.9. The fourth-order valence-electron chi connectivity index (χ4n) is 0.985. The van der Waals surface area contributed by atoms with Gasteiger partial charge in [-0.3, -0.25) is 4.79 Å². The van der Waals surface area contributed by atoms with Gasteiger partial charge >= 0.3 is 5.97 Å². The zero-order chi connectivity index (χ0) is 11.4. The summed E-state index contributed by atoms with van der Waals surface area (Å²) < 4.78 is 5.55. The predicted molar refractivity (Wildman–Crippen MR) is 59.9 cm³/mol. The van der Waals surface area contributed by atoms with Crippen molar-refractivity contribution in [3.8, 4) is 0 Å². The van der Waals surface area contributed by atoms with Gasteiger partial charge in [0.15, 0.2) is 0 Å². The van der Waals surface area contributed by atoms with Crippen LogP contribution in [-0.2, 0) is 9.53 Å². The van der Waals surface area contributed by atoms with Gasteiger partial charge in [-0.15, -0.1) is 0 Å². The Hall–Kier alpha value is -0.0900. The van der Waals surface area contributed by atoms with E-state index in [1.807, 2.05) is 0 Å². The summed E-state index contributed by atoms with van der Waals surface area (Å²) in [5, 5.41) is 8.62.